The summed E-state index contributed by atoms with van der Waals surface area (Å²) >= 11 is 1.09. The van der Waals surface area contributed by atoms with Gasteiger partial charge in [-0.25, -0.2) is 13.6 Å². The summed E-state index contributed by atoms with van der Waals surface area (Å²) in [5.41, 5.74) is 1.04. The smallest absolute Gasteiger partial charge is 0.318 e. The number of anilines is 2. The van der Waals surface area contributed by atoms with Crippen molar-refractivity contribution in [2.24, 2.45) is 0 Å². The van der Waals surface area contributed by atoms with Crippen molar-refractivity contribution in [3.8, 4) is 0 Å². The summed E-state index contributed by atoms with van der Waals surface area (Å²) in [6.45, 7) is 0. The van der Waals surface area contributed by atoms with E-state index in [0.29, 0.717) is 16.3 Å². The van der Waals surface area contributed by atoms with Crippen LogP contribution in [0.2, 0.25) is 0 Å². The first-order chi connectivity index (χ1) is 11.5. The minimum absolute atomic E-state index is 0.0399. The predicted molar refractivity (Wildman–Crippen MR) is 90.2 cm³/mol. The third-order valence-corrected chi connectivity index (χ3v) is 3.89. The molecule has 0 aliphatic rings. The van der Waals surface area contributed by atoms with Crippen molar-refractivity contribution in [2.75, 3.05) is 23.4 Å². The van der Waals surface area contributed by atoms with E-state index in [1.165, 1.54) is 13.1 Å². The van der Waals surface area contributed by atoms with Gasteiger partial charge in [0.1, 0.15) is 0 Å². The molecule has 0 heterocycles. The first-order valence-electron chi connectivity index (χ1n) is 6.94. The maximum Gasteiger partial charge on any atom is 0.318 e. The molecule has 2 aromatic rings. The van der Waals surface area contributed by atoms with Crippen molar-refractivity contribution in [1.82, 2.24) is 5.32 Å². The fourth-order valence-electron chi connectivity index (χ4n) is 1.78. The number of urea groups is 1. The van der Waals surface area contributed by atoms with Crippen molar-refractivity contribution >= 4 is 35.1 Å². The number of rotatable bonds is 5. The quantitative estimate of drug-likeness (QED) is 0.723. The van der Waals surface area contributed by atoms with Crippen molar-refractivity contribution in [3.63, 3.8) is 0 Å². The SMILES string of the molecule is CNC(=O)Nc1cccc(NC(=O)CSc2ccc(F)c(F)c2)c1. The van der Waals surface area contributed by atoms with Gasteiger partial charge in [0.05, 0.1) is 5.75 Å². The fourth-order valence-corrected chi connectivity index (χ4v) is 2.50. The molecule has 0 spiro atoms. The van der Waals surface area contributed by atoms with Gasteiger partial charge < -0.3 is 16.0 Å². The molecular weight excluding hydrogens is 336 g/mol. The second kappa shape index (κ2) is 8.30. The summed E-state index contributed by atoms with van der Waals surface area (Å²) in [7, 11) is 1.50. The zero-order valence-electron chi connectivity index (χ0n) is 12.7. The van der Waals surface area contributed by atoms with E-state index in [1.807, 2.05) is 0 Å². The molecule has 3 amide bonds. The van der Waals surface area contributed by atoms with Gasteiger partial charge in [0.15, 0.2) is 11.6 Å². The van der Waals surface area contributed by atoms with Crippen LogP contribution in [0.15, 0.2) is 47.4 Å². The molecule has 2 rings (SSSR count). The van der Waals surface area contributed by atoms with Crippen LogP contribution in [0.25, 0.3) is 0 Å². The van der Waals surface area contributed by atoms with Gasteiger partial charge in [-0.15, -0.1) is 11.8 Å². The van der Waals surface area contributed by atoms with E-state index in [2.05, 4.69) is 16.0 Å². The molecule has 2 aromatic carbocycles. The molecule has 0 aliphatic carbocycles. The summed E-state index contributed by atoms with van der Waals surface area (Å²) in [5, 5.41) is 7.68. The highest BCUT2D eigenvalue weighted by molar-refractivity contribution is 8.00. The van der Waals surface area contributed by atoms with Crippen LogP contribution in [0.1, 0.15) is 0 Å². The Morgan fingerprint density at radius 3 is 2.38 bits per heavy atom. The second-order valence-electron chi connectivity index (χ2n) is 4.70. The molecule has 0 radical (unpaired) electrons. The third kappa shape index (κ3) is 5.24. The Hall–Kier alpha value is -2.61. The first kappa shape index (κ1) is 17.7. The maximum absolute atomic E-state index is 13.1. The topological polar surface area (TPSA) is 70.2 Å². The lowest BCUT2D eigenvalue weighted by molar-refractivity contribution is -0.113. The van der Waals surface area contributed by atoms with Crippen LogP contribution >= 0.6 is 11.8 Å². The summed E-state index contributed by atoms with van der Waals surface area (Å²) in [4.78, 5) is 23.6. The number of carbonyl (C=O) groups is 2. The summed E-state index contributed by atoms with van der Waals surface area (Å²) in [6, 6.07) is 9.75. The minimum Gasteiger partial charge on any atom is -0.341 e. The molecule has 0 saturated heterocycles. The summed E-state index contributed by atoms with van der Waals surface area (Å²) in [5.74, 6) is -2.14. The van der Waals surface area contributed by atoms with Crippen molar-refractivity contribution in [3.05, 3.63) is 54.1 Å². The average Bonchev–Trinajstić information content (AvgIpc) is 2.56. The molecule has 8 heteroatoms. The number of amides is 3. The zero-order valence-corrected chi connectivity index (χ0v) is 13.5. The number of halogens is 2. The standard InChI is InChI=1S/C16H15F2N3O2S/c1-19-16(23)21-11-4-2-3-10(7-11)20-15(22)9-24-12-5-6-13(17)14(18)8-12/h2-8H,9H2,1H3,(H,20,22)(H2,19,21,23). The molecule has 0 aliphatic heterocycles. The third-order valence-electron chi connectivity index (χ3n) is 2.89. The Morgan fingerprint density at radius 1 is 1.00 bits per heavy atom. The Kier molecular flexibility index (Phi) is 6.14. The molecule has 5 nitrogen and oxygen atoms in total. The van der Waals surface area contributed by atoms with Crippen LogP contribution < -0.4 is 16.0 Å². The Bertz CT molecular complexity index is 756. The second-order valence-corrected chi connectivity index (χ2v) is 5.75. The average molecular weight is 351 g/mol. The monoisotopic (exact) mass is 351 g/mol. The maximum atomic E-state index is 13.1. The van der Waals surface area contributed by atoms with Gasteiger partial charge in [-0.3, -0.25) is 4.79 Å². The molecule has 0 unspecified atom stereocenters. The highest BCUT2D eigenvalue weighted by Crippen LogP contribution is 2.21. The van der Waals surface area contributed by atoms with E-state index < -0.39 is 11.6 Å². The van der Waals surface area contributed by atoms with Gasteiger partial charge in [0, 0.05) is 23.3 Å². The van der Waals surface area contributed by atoms with Crippen LogP contribution in [-0.2, 0) is 4.79 Å². The van der Waals surface area contributed by atoms with Crippen molar-refractivity contribution in [1.29, 1.82) is 0 Å². The lowest BCUT2D eigenvalue weighted by Gasteiger charge is -2.08. The van der Waals surface area contributed by atoms with E-state index in [4.69, 9.17) is 0 Å². The van der Waals surface area contributed by atoms with E-state index in [1.54, 1.807) is 24.3 Å². The van der Waals surface area contributed by atoms with Gasteiger partial charge in [0.25, 0.3) is 0 Å². The molecule has 24 heavy (non-hydrogen) atoms. The Morgan fingerprint density at radius 2 is 1.71 bits per heavy atom. The lowest BCUT2D eigenvalue weighted by Crippen LogP contribution is -2.24. The molecule has 0 bridgehead atoms. The number of carbonyl (C=O) groups excluding carboxylic acids is 2. The molecule has 0 saturated carbocycles. The number of benzene rings is 2. The number of hydrogen-bond acceptors (Lipinski definition) is 3. The Balaban J connectivity index is 1.91. The van der Waals surface area contributed by atoms with Crippen LogP contribution in [0.5, 0.6) is 0 Å². The van der Waals surface area contributed by atoms with Gasteiger partial charge in [-0.1, -0.05) is 6.07 Å². The van der Waals surface area contributed by atoms with E-state index >= 15 is 0 Å². The highest BCUT2D eigenvalue weighted by atomic mass is 32.2. The number of thioether (sulfide) groups is 1. The van der Waals surface area contributed by atoms with E-state index in [0.717, 1.165) is 23.9 Å². The lowest BCUT2D eigenvalue weighted by atomic mass is 10.3. The zero-order chi connectivity index (χ0) is 17.5. The fraction of sp³-hybridized carbons (Fsp3) is 0.125. The number of nitrogens with one attached hydrogen (secondary N) is 3. The van der Waals surface area contributed by atoms with Crippen molar-refractivity contribution < 1.29 is 18.4 Å². The highest BCUT2D eigenvalue weighted by Gasteiger charge is 2.07. The van der Waals surface area contributed by atoms with Crippen LogP contribution in [0.4, 0.5) is 25.0 Å². The van der Waals surface area contributed by atoms with Gasteiger partial charge in [0.2, 0.25) is 5.91 Å². The Labute approximate surface area is 141 Å². The number of hydrogen-bond donors (Lipinski definition) is 3. The normalized spacial score (nSPS) is 10.1. The van der Waals surface area contributed by atoms with Crippen molar-refractivity contribution in [2.45, 2.75) is 4.90 Å². The van der Waals surface area contributed by atoms with Gasteiger partial charge >= 0.3 is 6.03 Å². The minimum atomic E-state index is -0.951. The van der Waals surface area contributed by atoms with Crippen LogP contribution in [-0.4, -0.2) is 24.7 Å². The van der Waals surface area contributed by atoms with Crippen LogP contribution in [0, 0.1) is 11.6 Å². The molecule has 126 valence electrons. The van der Waals surface area contributed by atoms with E-state index in [9.17, 15) is 18.4 Å². The summed E-state index contributed by atoms with van der Waals surface area (Å²) in [6.07, 6.45) is 0. The van der Waals surface area contributed by atoms with Gasteiger partial charge in [-0.05, 0) is 36.4 Å². The van der Waals surface area contributed by atoms with Crippen LogP contribution in [0.3, 0.4) is 0 Å². The molecule has 3 N–H and O–H groups in total. The predicted octanol–water partition coefficient (Wildman–Crippen LogP) is 3.45. The van der Waals surface area contributed by atoms with Gasteiger partial charge in [-0.2, -0.15) is 0 Å². The molecule has 0 aromatic heterocycles. The largest absolute Gasteiger partial charge is 0.341 e. The first-order valence-corrected chi connectivity index (χ1v) is 7.93. The molecule has 0 atom stereocenters. The molecular formula is C16H15F2N3O2S. The molecule has 0 fully saturated rings. The van der Waals surface area contributed by atoms with E-state index in [-0.39, 0.29) is 17.7 Å². The summed E-state index contributed by atoms with van der Waals surface area (Å²) < 4.78 is 25.9.